The van der Waals surface area contributed by atoms with Crippen LogP contribution in [0.2, 0.25) is 5.02 Å². The van der Waals surface area contributed by atoms with Gasteiger partial charge >= 0.3 is 0 Å². The lowest BCUT2D eigenvalue weighted by atomic mass is 10.2. The highest BCUT2D eigenvalue weighted by Gasteiger charge is 2.34. The van der Waals surface area contributed by atoms with E-state index in [0.717, 1.165) is 16.7 Å². The van der Waals surface area contributed by atoms with Crippen molar-refractivity contribution < 1.29 is 19.2 Å². The van der Waals surface area contributed by atoms with Gasteiger partial charge in [0.25, 0.3) is 16.8 Å². The summed E-state index contributed by atoms with van der Waals surface area (Å²) in [6, 6.07) is 13.2. The van der Waals surface area contributed by atoms with Crippen molar-refractivity contribution in [2.24, 2.45) is 0 Å². The van der Waals surface area contributed by atoms with Gasteiger partial charge in [-0.15, -0.1) is 0 Å². The first-order valence-corrected chi connectivity index (χ1v) is 9.02. The molecule has 0 radical (unpaired) electrons. The molecule has 0 atom stereocenters. The lowest BCUT2D eigenvalue weighted by molar-refractivity contribution is -0.384. The number of nitrogens with zero attached hydrogens (tertiary/aromatic N) is 2. The zero-order valence-corrected chi connectivity index (χ0v) is 15.4. The second-order valence-electron chi connectivity index (χ2n) is 5.46. The molecule has 0 saturated carbocycles. The fraction of sp³-hybridized carbons (Fsp3) is 0.111. The maximum absolute atomic E-state index is 12.4. The van der Waals surface area contributed by atoms with Crippen molar-refractivity contribution in [3.8, 4) is 5.75 Å². The Balaban J connectivity index is 1.69. The monoisotopic (exact) mass is 404 g/mol. The van der Waals surface area contributed by atoms with Crippen molar-refractivity contribution in [1.29, 1.82) is 0 Å². The molecule has 0 bridgehead atoms. The highest BCUT2D eigenvalue weighted by molar-refractivity contribution is 8.18. The molecule has 27 heavy (non-hydrogen) atoms. The van der Waals surface area contributed by atoms with Crippen LogP contribution in [0.25, 0.3) is 6.08 Å². The van der Waals surface area contributed by atoms with E-state index in [1.54, 1.807) is 18.2 Å². The van der Waals surface area contributed by atoms with E-state index >= 15 is 0 Å². The molecule has 1 saturated heterocycles. The smallest absolute Gasteiger partial charge is 0.293 e. The molecule has 0 spiro atoms. The number of para-hydroxylation sites is 1. The number of ether oxygens (including phenoxy) is 1. The molecule has 0 unspecified atom stereocenters. The number of hydrogen-bond donors (Lipinski definition) is 0. The molecule has 1 fully saturated rings. The van der Waals surface area contributed by atoms with Crippen LogP contribution in [0.5, 0.6) is 5.75 Å². The summed E-state index contributed by atoms with van der Waals surface area (Å²) in [5.74, 6) is 0.188. The Hall–Kier alpha value is -2.84. The van der Waals surface area contributed by atoms with Gasteiger partial charge in [0.05, 0.1) is 16.4 Å². The minimum atomic E-state index is -0.605. The third-order valence-electron chi connectivity index (χ3n) is 3.67. The van der Waals surface area contributed by atoms with E-state index < -0.39 is 16.1 Å². The molecule has 0 N–H and O–H groups in total. The van der Waals surface area contributed by atoms with Crippen LogP contribution >= 0.6 is 23.4 Å². The molecule has 1 aliphatic heterocycles. The maximum atomic E-state index is 12.4. The minimum Gasteiger partial charge on any atom is -0.492 e. The van der Waals surface area contributed by atoms with E-state index in [1.807, 2.05) is 18.2 Å². The lowest BCUT2D eigenvalue weighted by Crippen LogP contribution is -2.32. The topological polar surface area (TPSA) is 89.8 Å². The summed E-state index contributed by atoms with van der Waals surface area (Å²) >= 11 is 6.56. The van der Waals surface area contributed by atoms with E-state index in [0.29, 0.717) is 11.3 Å². The van der Waals surface area contributed by atoms with Gasteiger partial charge in [-0.25, -0.2) is 0 Å². The molecule has 9 heteroatoms. The normalized spacial score (nSPS) is 15.4. The number of hydrogen-bond acceptors (Lipinski definition) is 6. The highest BCUT2D eigenvalue weighted by atomic mass is 35.5. The third-order valence-corrected chi connectivity index (χ3v) is 4.89. The average Bonchev–Trinajstić information content (AvgIpc) is 2.91. The van der Waals surface area contributed by atoms with Crippen molar-refractivity contribution in [3.63, 3.8) is 0 Å². The number of nitro groups is 1. The first-order valence-electron chi connectivity index (χ1n) is 7.83. The summed E-state index contributed by atoms with van der Waals surface area (Å²) < 4.78 is 5.51. The number of carbonyl (C=O) groups is 2. The van der Waals surface area contributed by atoms with E-state index in [2.05, 4.69) is 0 Å². The molecule has 2 aromatic rings. The van der Waals surface area contributed by atoms with Gasteiger partial charge in [0.1, 0.15) is 17.4 Å². The Morgan fingerprint density at radius 3 is 2.63 bits per heavy atom. The highest BCUT2D eigenvalue weighted by Crippen LogP contribution is 2.33. The third kappa shape index (κ3) is 4.47. The van der Waals surface area contributed by atoms with Gasteiger partial charge in [-0.05, 0) is 41.6 Å². The van der Waals surface area contributed by atoms with Crippen LogP contribution in [0.1, 0.15) is 5.56 Å². The zero-order chi connectivity index (χ0) is 19.4. The second-order valence-corrected chi connectivity index (χ2v) is 6.86. The van der Waals surface area contributed by atoms with Crippen LogP contribution in [0.4, 0.5) is 10.5 Å². The molecule has 2 amide bonds. The van der Waals surface area contributed by atoms with Crippen molar-refractivity contribution in [2.45, 2.75) is 0 Å². The Kier molecular flexibility index (Phi) is 5.78. The van der Waals surface area contributed by atoms with E-state index in [1.165, 1.54) is 18.2 Å². The molecule has 7 nitrogen and oxygen atoms in total. The summed E-state index contributed by atoms with van der Waals surface area (Å²) in [4.78, 5) is 36.2. The van der Waals surface area contributed by atoms with E-state index in [9.17, 15) is 19.7 Å². The molecule has 1 heterocycles. The van der Waals surface area contributed by atoms with Gasteiger partial charge in [0.2, 0.25) is 0 Å². The molecule has 1 aliphatic rings. The molecular weight excluding hydrogens is 392 g/mol. The number of imide groups is 1. The lowest BCUT2D eigenvalue weighted by Gasteiger charge is -2.13. The first-order chi connectivity index (χ1) is 13.0. The predicted molar refractivity (Wildman–Crippen MR) is 103 cm³/mol. The van der Waals surface area contributed by atoms with Gasteiger partial charge in [-0.3, -0.25) is 24.6 Å². The van der Waals surface area contributed by atoms with Crippen molar-refractivity contribution in [1.82, 2.24) is 4.90 Å². The van der Waals surface area contributed by atoms with Crippen molar-refractivity contribution in [3.05, 3.63) is 74.1 Å². The number of amides is 2. The molecule has 2 aromatic carbocycles. The largest absolute Gasteiger partial charge is 0.492 e. The van der Waals surface area contributed by atoms with E-state index in [4.69, 9.17) is 16.3 Å². The quantitative estimate of drug-likeness (QED) is 0.403. The molecule has 0 aromatic heterocycles. The van der Waals surface area contributed by atoms with Gasteiger partial charge in [-0.2, -0.15) is 0 Å². The fourth-order valence-electron chi connectivity index (χ4n) is 2.38. The van der Waals surface area contributed by atoms with Gasteiger partial charge < -0.3 is 4.74 Å². The van der Waals surface area contributed by atoms with Crippen molar-refractivity contribution in [2.75, 3.05) is 13.2 Å². The second kappa shape index (κ2) is 8.24. The molecule has 0 aliphatic carbocycles. The average molecular weight is 405 g/mol. The molecular formula is C18H13ClN2O5S. The number of halogens is 1. The predicted octanol–water partition coefficient (Wildman–Crippen LogP) is 4.36. The van der Waals surface area contributed by atoms with Crippen molar-refractivity contribution >= 4 is 46.3 Å². The minimum absolute atomic E-state index is 0.00307. The summed E-state index contributed by atoms with van der Waals surface area (Å²) in [5, 5.41) is 10.6. The Labute approximate surface area is 163 Å². The van der Waals surface area contributed by atoms with Gasteiger partial charge in [0.15, 0.2) is 0 Å². The summed E-state index contributed by atoms with van der Waals surface area (Å²) in [5.41, 5.74) is 0.151. The zero-order valence-electron chi connectivity index (χ0n) is 13.8. The summed E-state index contributed by atoms with van der Waals surface area (Å²) in [7, 11) is 0. The van der Waals surface area contributed by atoms with Crippen LogP contribution in [-0.4, -0.2) is 34.1 Å². The standard InChI is InChI=1S/C18H13ClN2O5S/c19-14-7-6-12(10-15(14)21(24)25)11-16-17(22)20(18(23)27-16)8-9-26-13-4-2-1-3-5-13/h1-7,10-11H,8-9H2/b16-11-. The fourth-order valence-corrected chi connectivity index (χ4v) is 3.43. The van der Waals surface area contributed by atoms with E-state index in [-0.39, 0.29) is 28.8 Å². The number of nitro benzene ring substituents is 1. The first kappa shape index (κ1) is 18.9. The Bertz CT molecular complexity index is 933. The van der Waals surface area contributed by atoms with Gasteiger partial charge in [0, 0.05) is 6.07 Å². The maximum Gasteiger partial charge on any atom is 0.293 e. The Morgan fingerprint density at radius 2 is 1.93 bits per heavy atom. The van der Waals surface area contributed by atoms with Crippen LogP contribution < -0.4 is 4.74 Å². The SMILES string of the molecule is O=C1S/C(=C\c2ccc(Cl)c([N+](=O)[O-])c2)C(=O)N1CCOc1ccccc1. The molecule has 3 rings (SSSR count). The summed E-state index contributed by atoms with van der Waals surface area (Å²) in [6.45, 7) is 0.277. The Morgan fingerprint density at radius 1 is 1.19 bits per heavy atom. The van der Waals surface area contributed by atoms with Gasteiger partial charge in [-0.1, -0.05) is 35.9 Å². The van der Waals surface area contributed by atoms with Crippen LogP contribution in [0.3, 0.4) is 0 Å². The number of rotatable bonds is 6. The number of benzene rings is 2. The van der Waals surface area contributed by atoms with Crippen LogP contribution in [0.15, 0.2) is 53.4 Å². The molecule has 138 valence electrons. The van der Waals surface area contributed by atoms with Crippen LogP contribution in [0, 0.1) is 10.1 Å². The number of carbonyl (C=O) groups excluding carboxylic acids is 2. The number of thioether (sulfide) groups is 1. The van der Waals surface area contributed by atoms with Crippen LogP contribution in [-0.2, 0) is 4.79 Å². The summed E-state index contributed by atoms with van der Waals surface area (Å²) in [6.07, 6.45) is 1.44.